The zero-order valence-electron chi connectivity index (χ0n) is 16.7. The van der Waals surface area contributed by atoms with E-state index in [1.807, 2.05) is 48.5 Å². The number of benzene rings is 2. The van der Waals surface area contributed by atoms with E-state index in [0.29, 0.717) is 31.9 Å². The van der Waals surface area contributed by atoms with Crippen molar-refractivity contribution in [1.29, 1.82) is 0 Å². The summed E-state index contributed by atoms with van der Waals surface area (Å²) >= 11 is 1.56. The van der Waals surface area contributed by atoms with Gasteiger partial charge in [-0.1, -0.05) is 60.3 Å². The molecule has 1 N–H and O–H groups in total. The van der Waals surface area contributed by atoms with E-state index in [4.69, 9.17) is 4.74 Å². The molecule has 1 aliphatic heterocycles. The summed E-state index contributed by atoms with van der Waals surface area (Å²) in [6.45, 7) is 3.69. The van der Waals surface area contributed by atoms with Crippen LogP contribution in [0.2, 0.25) is 0 Å². The van der Waals surface area contributed by atoms with Gasteiger partial charge in [0, 0.05) is 31.0 Å². The number of ether oxygens (including phenoxy) is 1. The molecule has 2 aromatic carbocycles. The molecule has 0 saturated carbocycles. The van der Waals surface area contributed by atoms with Gasteiger partial charge in [0.2, 0.25) is 11.9 Å². The van der Waals surface area contributed by atoms with Crippen molar-refractivity contribution in [3.8, 4) is 0 Å². The summed E-state index contributed by atoms with van der Waals surface area (Å²) in [5.74, 6) is 1.49. The fourth-order valence-electron chi connectivity index (χ4n) is 3.27. The third kappa shape index (κ3) is 5.40. The Morgan fingerprint density at radius 2 is 1.70 bits per heavy atom. The minimum Gasteiger partial charge on any atom is -0.378 e. The molecule has 7 nitrogen and oxygen atoms in total. The quantitative estimate of drug-likeness (QED) is 0.561. The zero-order chi connectivity index (χ0) is 20.6. The summed E-state index contributed by atoms with van der Waals surface area (Å²) in [5.41, 5.74) is 2.00. The SMILES string of the molecule is O=C(CCSc1nnc(N2CCOCC2)n1Cc1ccccc1)Nc1ccccc1. The van der Waals surface area contributed by atoms with Crippen molar-refractivity contribution in [2.75, 3.05) is 42.3 Å². The zero-order valence-corrected chi connectivity index (χ0v) is 17.6. The molecule has 156 valence electrons. The van der Waals surface area contributed by atoms with E-state index < -0.39 is 0 Å². The van der Waals surface area contributed by atoms with Crippen molar-refractivity contribution in [1.82, 2.24) is 14.8 Å². The second kappa shape index (κ2) is 10.3. The molecular formula is C22H25N5O2S. The number of thioether (sulfide) groups is 1. The van der Waals surface area contributed by atoms with Crippen LogP contribution in [0.5, 0.6) is 0 Å². The number of para-hydroxylation sites is 1. The van der Waals surface area contributed by atoms with E-state index in [1.54, 1.807) is 11.8 Å². The summed E-state index contributed by atoms with van der Waals surface area (Å²) in [5, 5.41) is 12.6. The van der Waals surface area contributed by atoms with Gasteiger partial charge in [-0.25, -0.2) is 0 Å². The van der Waals surface area contributed by atoms with Gasteiger partial charge in [-0.3, -0.25) is 9.36 Å². The number of hydrogen-bond donors (Lipinski definition) is 1. The van der Waals surface area contributed by atoms with Crippen molar-refractivity contribution < 1.29 is 9.53 Å². The van der Waals surface area contributed by atoms with Crippen LogP contribution in [0.4, 0.5) is 11.6 Å². The van der Waals surface area contributed by atoms with Gasteiger partial charge in [0.25, 0.3) is 0 Å². The normalized spacial score (nSPS) is 13.9. The van der Waals surface area contributed by atoms with Crippen molar-refractivity contribution in [3.05, 3.63) is 66.2 Å². The summed E-state index contributed by atoms with van der Waals surface area (Å²) < 4.78 is 7.62. The van der Waals surface area contributed by atoms with Crippen LogP contribution in [0.1, 0.15) is 12.0 Å². The first-order valence-corrected chi connectivity index (χ1v) is 11.1. The Morgan fingerprint density at radius 3 is 2.43 bits per heavy atom. The second-order valence-corrected chi connectivity index (χ2v) is 8.03. The molecule has 1 fully saturated rings. The highest BCUT2D eigenvalue weighted by atomic mass is 32.2. The molecule has 8 heteroatoms. The lowest BCUT2D eigenvalue weighted by Gasteiger charge is -2.28. The van der Waals surface area contributed by atoms with Gasteiger partial charge in [-0.15, -0.1) is 10.2 Å². The number of carbonyl (C=O) groups excluding carboxylic acids is 1. The maximum Gasteiger partial charge on any atom is 0.228 e. The Bertz CT molecular complexity index is 943. The molecule has 1 aromatic heterocycles. The molecule has 0 unspecified atom stereocenters. The van der Waals surface area contributed by atoms with Crippen LogP contribution in [-0.2, 0) is 16.1 Å². The number of morpholine rings is 1. The van der Waals surface area contributed by atoms with Crippen LogP contribution in [-0.4, -0.2) is 52.7 Å². The summed E-state index contributed by atoms with van der Waals surface area (Å²) in [6, 6.07) is 19.8. The Kier molecular flexibility index (Phi) is 6.99. The van der Waals surface area contributed by atoms with E-state index in [0.717, 1.165) is 29.9 Å². The van der Waals surface area contributed by atoms with Crippen LogP contribution < -0.4 is 10.2 Å². The van der Waals surface area contributed by atoms with Crippen LogP contribution in [0, 0.1) is 0 Å². The second-order valence-electron chi connectivity index (χ2n) is 6.97. The number of hydrogen-bond acceptors (Lipinski definition) is 6. The largest absolute Gasteiger partial charge is 0.378 e. The Hall–Kier alpha value is -2.84. The molecule has 3 aromatic rings. The van der Waals surface area contributed by atoms with Gasteiger partial charge < -0.3 is 15.0 Å². The van der Waals surface area contributed by atoms with E-state index in [2.05, 4.69) is 37.1 Å². The van der Waals surface area contributed by atoms with E-state index in [-0.39, 0.29) is 5.91 Å². The molecule has 0 aliphatic carbocycles. The fraction of sp³-hybridized carbons (Fsp3) is 0.318. The lowest BCUT2D eigenvalue weighted by Crippen LogP contribution is -2.38. The van der Waals surface area contributed by atoms with E-state index in [9.17, 15) is 4.79 Å². The minimum absolute atomic E-state index is 0.00349. The molecule has 1 amide bonds. The number of nitrogens with one attached hydrogen (secondary N) is 1. The molecule has 1 aliphatic rings. The predicted molar refractivity (Wildman–Crippen MR) is 119 cm³/mol. The average Bonchev–Trinajstić information content (AvgIpc) is 3.18. The van der Waals surface area contributed by atoms with Gasteiger partial charge in [0.1, 0.15) is 0 Å². The van der Waals surface area contributed by atoms with Crippen LogP contribution in [0.25, 0.3) is 0 Å². The Labute approximate surface area is 180 Å². The lowest BCUT2D eigenvalue weighted by atomic mass is 10.2. The first-order chi connectivity index (χ1) is 14.8. The standard InChI is InChI=1S/C22H25N5O2S/c28-20(23-19-9-5-2-6-10-19)11-16-30-22-25-24-21(26-12-14-29-15-13-26)27(22)17-18-7-3-1-4-8-18/h1-10H,11-17H2,(H,23,28). The van der Waals surface area contributed by atoms with Gasteiger partial charge in [0.15, 0.2) is 5.16 Å². The molecule has 4 rings (SSSR count). The molecule has 0 bridgehead atoms. The van der Waals surface area contributed by atoms with Crippen LogP contribution >= 0.6 is 11.8 Å². The van der Waals surface area contributed by atoms with Crippen molar-refractivity contribution in [2.45, 2.75) is 18.1 Å². The Balaban J connectivity index is 1.42. The van der Waals surface area contributed by atoms with E-state index in [1.165, 1.54) is 5.56 Å². The third-order valence-corrected chi connectivity index (χ3v) is 5.76. The van der Waals surface area contributed by atoms with Gasteiger partial charge in [0.05, 0.1) is 19.8 Å². The number of nitrogens with zero attached hydrogens (tertiary/aromatic N) is 4. The molecule has 1 saturated heterocycles. The molecule has 0 radical (unpaired) electrons. The van der Waals surface area contributed by atoms with Crippen molar-refractivity contribution in [2.24, 2.45) is 0 Å². The predicted octanol–water partition coefficient (Wildman–Crippen LogP) is 3.28. The van der Waals surface area contributed by atoms with Crippen LogP contribution in [0.15, 0.2) is 65.8 Å². The van der Waals surface area contributed by atoms with Crippen LogP contribution in [0.3, 0.4) is 0 Å². The highest BCUT2D eigenvalue weighted by molar-refractivity contribution is 7.99. The average molecular weight is 424 g/mol. The molecule has 0 atom stereocenters. The maximum absolute atomic E-state index is 12.2. The smallest absolute Gasteiger partial charge is 0.228 e. The molecule has 0 spiro atoms. The Morgan fingerprint density at radius 1 is 1.00 bits per heavy atom. The molecular weight excluding hydrogens is 398 g/mol. The van der Waals surface area contributed by atoms with Crippen molar-refractivity contribution in [3.63, 3.8) is 0 Å². The minimum atomic E-state index is -0.00349. The fourth-order valence-corrected chi connectivity index (χ4v) is 4.14. The number of anilines is 2. The van der Waals surface area contributed by atoms with Crippen molar-refractivity contribution >= 4 is 29.3 Å². The first kappa shape index (κ1) is 20.4. The molecule has 2 heterocycles. The monoisotopic (exact) mass is 423 g/mol. The number of rotatable bonds is 8. The molecule has 30 heavy (non-hydrogen) atoms. The first-order valence-electron chi connectivity index (χ1n) is 10.1. The maximum atomic E-state index is 12.2. The number of amides is 1. The highest BCUT2D eigenvalue weighted by Gasteiger charge is 2.21. The topological polar surface area (TPSA) is 72.3 Å². The van der Waals surface area contributed by atoms with Gasteiger partial charge in [-0.2, -0.15) is 0 Å². The summed E-state index contributed by atoms with van der Waals surface area (Å²) in [6.07, 6.45) is 0.407. The number of aromatic nitrogens is 3. The highest BCUT2D eigenvalue weighted by Crippen LogP contribution is 2.25. The summed E-state index contributed by atoms with van der Waals surface area (Å²) in [4.78, 5) is 14.5. The summed E-state index contributed by atoms with van der Waals surface area (Å²) in [7, 11) is 0. The third-order valence-electron chi connectivity index (χ3n) is 4.79. The van der Waals surface area contributed by atoms with E-state index >= 15 is 0 Å². The lowest BCUT2D eigenvalue weighted by molar-refractivity contribution is -0.115. The van der Waals surface area contributed by atoms with Gasteiger partial charge >= 0.3 is 0 Å². The number of carbonyl (C=O) groups is 1. The van der Waals surface area contributed by atoms with Gasteiger partial charge in [-0.05, 0) is 17.7 Å².